The lowest BCUT2D eigenvalue weighted by Crippen LogP contribution is -2.16. The Balaban J connectivity index is 2.42. The smallest absolute Gasteiger partial charge is 0.0878 e. The molecule has 2 aromatic heterocycles. The van der Waals surface area contributed by atoms with Crippen molar-refractivity contribution in [1.82, 2.24) is 9.97 Å². The van der Waals surface area contributed by atoms with Gasteiger partial charge in [0.2, 0.25) is 0 Å². The second kappa shape index (κ2) is 3.69. The molecule has 2 nitrogen and oxygen atoms in total. The van der Waals surface area contributed by atoms with Crippen LogP contribution in [0.15, 0.2) is 24.5 Å². The Hall–Kier alpha value is -1.31. The molecule has 2 rings (SSSR count). The summed E-state index contributed by atoms with van der Waals surface area (Å²) >= 11 is 0. The zero-order valence-corrected chi connectivity index (χ0v) is 9.67. The first-order valence-electron chi connectivity index (χ1n) is 5.57. The van der Waals surface area contributed by atoms with Crippen molar-refractivity contribution in [1.29, 1.82) is 0 Å². The largest absolute Gasteiger partial charge is 0.360 e. The number of aromatic nitrogens is 2. The van der Waals surface area contributed by atoms with Gasteiger partial charge in [-0.25, -0.2) is 0 Å². The van der Waals surface area contributed by atoms with Crippen LogP contribution in [-0.4, -0.2) is 9.97 Å². The van der Waals surface area contributed by atoms with Crippen molar-refractivity contribution < 1.29 is 0 Å². The lowest BCUT2D eigenvalue weighted by Gasteiger charge is -2.24. The van der Waals surface area contributed by atoms with Crippen molar-refractivity contribution in [2.45, 2.75) is 39.0 Å². The topological polar surface area (TPSA) is 28.7 Å². The van der Waals surface area contributed by atoms with Gasteiger partial charge in [-0.15, -0.1) is 0 Å². The first kappa shape index (κ1) is 10.2. The molecule has 0 aliphatic heterocycles. The zero-order valence-electron chi connectivity index (χ0n) is 9.67. The van der Waals surface area contributed by atoms with Crippen molar-refractivity contribution >= 4 is 11.0 Å². The minimum absolute atomic E-state index is 0.223. The molecule has 0 amide bonds. The number of pyridine rings is 1. The summed E-state index contributed by atoms with van der Waals surface area (Å²) in [6.45, 7) is 6.78. The average Bonchev–Trinajstić information content (AvgIpc) is 2.63. The van der Waals surface area contributed by atoms with Crippen molar-refractivity contribution in [3.8, 4) is 0 Å². The maximum Gasteiger partial charge on any atom is 0.0878 e. The second-order valence-electron chi connectivity index (χ2n) is 4.77. The van der Waals surface area contributed by atoms with Gasteiger partial charge in [-0.1, -0.05) is 27.2 Å². The summed E-state index contributed by atoms with van der Waals surface area (Å²) in [4.78, 5) is 7.67. The van der Waals surface area contributed by atoms with Crippen LogP contribution in [0.1, 0.15) is 39.2 Å². The molecule has 0 saturated heterocycles. The Morgan fingerprint density at radius 3 is 2.93 bits per heavy atom. The summed E-state index contributed by atoms with van der Waals surface area (Å²) in [6.07, 6.45) is 6.34. The summed E-state index contributed by atoms with van der Waals surface area (Å²) in [5.74, 6) is 0. The number of rotatable bonds is 3. The van der Waals surface area contributed by atoms with Gasteiger partial charge >= 0.3 is 0 Å². The number of hydrogen-bond donors (Lipinski definition) is 1. The Labute approximate surface area is 90.7 Å². The molecule has 0 aromatic carbocycles. The molecule has 1 N–H and O–H groups in total. The van der Waals surface area contributed by atoms with E-state index in [-0.39, 0.29) is 5.41 Å². The fourth-order valence-corrected chi connectivity index (χ4v) is 2.07. The fraction of sp³-hybridized carbons (Fsp3) is 0.462. The number of hydrogen-bond acceptors (Lipinski definition) is 1. The van der Waals surface area contributed by atoms with E-state index >= 15 is 0 Å². The Morgan fingerprint density at radius 1 is 1.40 bits per heavy atom. The van der Waals surface area contributed by atoms with E-state index in [2.05, 4.69) is 36.8 Å². The van der Waals surface area contributed by atoms with Crippen LogP contribution >= 0.6 is 0 Å². The second-order valence-corrected chi connectivity index (χ2v) is 4.77. The predicted molar refractivity (Wildman–Crippen MR) is 64.0 cm³/mol. The number of aromatic amines is 1. The molecule has 2 heteroatoms. The monoisotopic (exact) mass is 202 g/mol. The normalized spacial score (nSPS) is 12.2. The van der Waals surface area contributed by atoms with Crippen LogP contribution in [0.3, 0.4) is 0 Å². The molecule has 2 aromatic rings. The third-order valence-corrected chi connectivity index (χ3v) is 3.06. The minimum atomic E-state index is 0.223. The summed E-state index contributed by atoms with van der Waals surface area (Å²) in [6, 6.07) is 4.23. The summed E-state index contributed by atoms with van der Waals surface area (Å²) in [5, 5.41) is 0. The maximum absolute atomic E-state index is 4.46. The van der Waals surface area contributed by atoms with Gasteiger partial charge in [0, 0.05) is 12.4 Å². The molecule has 0 radical (unpaired) electrons. The Kier molecular flexibility index (Phi) is 2.51. The third kappa shape index (κ3) is 1.89. The highest BCUT2D eigenvalue weighted by Crippen LogP contribution is 2.29. The van der Waals surface area contributed by atoms with Crippen LogP contribution < -0.4 is 0 Å². The Bertz CT molecular complexity index is 454. The van der Waals surface area contributed by atoms with Gasteiger partial charge < -0.3 is 4.98 Å². The van der Waals surface area contributed by atoms with Gasteiger partial charge in [0.15, 0.2) is 0 Å². The van der Waals surface area contributed by atoms with Gasteiger partial charge in [0.25, 0.3) is 0 Å². The molecular weight excluding hydrogens is 184 g/mol. The Morgan fingerprint density at radius 2 is 2.20 bits per heavy atom. The summed E-state index contributed by atoms with van der Waals surface area (Å²) in [7, 11) is 0. The molecule has 0 spiro atoms. The highest BCUT2D eigenvalue weighted by Gasteiger charge is 2.20. The molecule has 15 heavy (non-hydrogen) atoms. The van der Waals surface area contributed by atoms with Crippen molar-refractivity contribution in [2.24, 2.45) is 0 Å². The fourth-order valence-electron chi connectivity index (χ4n) is 2.07. The average molecular weight is 202 g/mol. The van der Waals surface area contributed by atoms with Gasteiger partial charge in [-0.2, -0.15) is 0 Å². The van der Waals surface area contributed by atoms with Crippen LogP contribution in [0.2, 0.25) is 0 Å². The number of fused-ring (bicyclic) bond motifs is 1. The van der Waals surface area contributed by atoms with E-state index in [0.29, 0.717) is 0 Å². The summed E-state index contributed by atoms with van der Waals surface area (Å²) < 4.78 is 0. The molecule has 2 heterocycles. The van der Waals surface area contributed by atoms with Crippen LogP contribution in [0.4, 0.5) is 0 Å². The standard InChI is InChI=1S/C13H18N2/c1-4-6-13(2,3)10-8-12-11(15-9-10)5-7-14-12/h5,7-9,14H,4,6H2,1-3H3. The van der Waals surface area contributed by atoms with E-state index in [1.54, 1.807) is 0 Å². The molecule has 0 saturated carbocycles. The van der Waals surface area contributed by atoms with Crippen LogP contribution in [-0.2, 0) is 5.41 Å². The SMILES string of the molecule is CCCC(C)(C)c1cnc2cc[nH]c2c1. The van der Waals surface area contributed by atoms with Gasteiger partial charge in [0.05, 0.1) is 11.0 Å². The predicted octanol–water partition coefficient (Wildman–Crippen LogP) is 3.64. The van der Waals surface area contributed by atoms with Crippen LogP contribution in [0.25, 0.3) is 11.0 Å². The molecule has 0 aliphatic carbocycles. The first-order chi connectivity index (χ1) is 7.13. The van der Waals surface area contributed by atoms with Crippen LogP contribution in [0.5, 0.6) is 0 Å². The van der Waals surface area contributed by atoms with E-state index in [0.717, 1.165) is 11.0 Å². The molecule has 0 unspecified atom stereocenters. The van der Waals surface area contributed by atoms with Gasteiger partial charge in [-0.05, 0) is 29.5 Å². The molecular formula is C13H18N2. The maximum atomic E-state index is 4.46. The highest BCUT2D eigenvalue weighted by molar-refractivity contribution is 5.75. The van der Waals surface area contributed by atoms with Gasteiger partial charge in [-0.3, -0.25) is 4.98 Å². The number of H-pyrrole nitrogens is 1. The highest BCUT2D eigenvalue weighted by atomic mass is 14.8. The molecule has 0 aliphatic rings. The summed E-state index contributed by atoms with van der Waals surface area (Å²) in [5.41, 5.74) is 3.73. The third-order valence-electron chi connectivity index (χ3n) is 3.06. The van der Waals surface area contributed by atoms with Crippen molar-refractivity contribution in [3.63, 3.8) is 0 Å². The van der Waals surface area contributed by atoms with E-state index in [1.165, 1.54) is 18.4 Å². The van der Waals surface area contributed by atoms with E-state index in [9.17, 15) is 0 Å². The van der Waals surface area contributed by atoms with E-state index in [1.807, 2.05) is 18.5 Å². The first-order valence-corrected chi connectivity index (χ1v) is 5.57. The zero-order chi connectivity index (χ0) is 10.9. The quantitative estimate of drug-likeness (QED) is 0.808. The number of nitrogens with one attached hydrogen (secondary N) is 1. The van der Waals surface area contributed by atoms with Crippen molar-refractivity contribution in [2.75, 3.05) is 0 Å². The van der Waals surface area contributed by atoms with E-state index < -0.39 is 0 Å². The van der Waals surface area contributed by atoms with Gasteiger partial charge in [0.1, 0.15) is 0 Å². The molecule has 80 valence electrons. The van der Waals surface area contributed by atoms with Crippen LogP contribution in [0, 0.1) is 0 Å². The molecule has 0 atom stereocenters. The minimum Gasteiger partial charge on any atom is -0.360 e. The van der Waals surface area contributed by atoms with E-state index in [4.69, 9.17) is 0 Å². The lowest BCUT2D eigenvalue weighted by atomic mass is 9.81. The molecule has 0 bridgehead atoms. The number of nitrogens with zero attached hydrogens (tertiary/aromatic N) is 1. The molecule has 0 fully saturated rings. The van der Waals surface area contributed by atoms with Crippen molar-refractivity contribution in [3.05, 3.63) is 30.1 Å². The lowest BCUT2D eigenvalue weighted by molar-refractivity contribution is 0.472.